The molecule has 0 fully saturated rings. The van der Waals surface area contributed by atoms with Crippen molar-refractivity contribution in [1.29, 1.82) is 0 Å². The fourth-order valence-corrected chi connectivity index (χ4v) is 1.08. The van der Waals surface area contributed by atoms with Crippen LogP contribution in [0.4, 0.5) is 0 Å². The van der Waals surface area contributed by atoms with Crippen LogP contribution in [0.3, 0.4) is 0 Å². The van der Waals surface area contributed by atoms with Crippen molar-refractivity contribution < 1.29 is 14.3 Å². The predicted octanol–water partition coefficient (Wildman–Crippen LogP) is 1.70. The number of carbonyl (C=O) groups is 1. The summed E-state index contributed by atoms with van der Waals surface area (Å²) in [7, 11) is 0. The van der Waals surface area contributed by atoms with Crippen molar-refractivity contribution in [2.75, 3.05) is 6.61 Å². The molecule has 4 nitrogen and oxygen atoms in total. The van der Waals surface area contributed by atoms with E-state index in [0.717, 1.165) is 5.56 Å². The van der Waals surface area contributed by atoms with Gasteiger partial charge in [0.2, 0.25) is 6.08 Å². The maximum absolute atomic E-state index is 11.3. The van der Waals surface area contributed by atoms with Crippen LogP contribution in [-0.2, 0) is 16.1 Å². The van der Waals surface area contributed by atoms with E-state index >= 15 is 0 Å². The number of isocyanates is 1. The number of rotatable bonds is 4. The smallest absolute Gasteiger partial charge is 0.338 e. The summed E-state index contributed by atoms with van der Waals surface area (Å²) in [5, 5.41) is 0. The van der Waals surface area contributed by atoms with E-state index in [1.165, 1.54) is 6.08 Å². The van der Waals surface area contributed by atoms with Crippen LogP contribution >= 0.6 is 0 Å². The highest BCUT2D eigenvalue weighted by Crippen LogP contribution is 2.06. The van der Waals surface area contributed by atoms with E-state index in [9.17, 15) is 9.59 Å². The minimum Gasteiger partial charge on any atom is -0.462 e. The van der Waals surface area contributed by atoms with E-state index in [4.69, 9.17) is 4.74 Å². The second-order valence-corrected chi connectivity index (χ2v) is 2.82. The van der Waals surface area contributed by atoms with E-state index in [1.807, 2.05) is 0 Å². The molecule has 0 saturated carbocycles. The molecule has 0 N–H and O–H groups in total. The number of nitrogens with zero attached hydrogens (tertiary/aromatic N) is 1. The van der Waals surface area contributed by atoms with E-state index in [2.05, 4.69) is 4.99 Å². The first-order valence-corrected chi connectivity index (χ1v) is 4.57. The van der Waals surface area contributed by atoms with Gasteiger partial charge in [0.15, 0.2) is 0 Å². The van der Waals surface area contributed by atoms with Crippen LogP contribution in [0.2, 0.25) is 0 Å². The summed E-state index contributed by atoms with van der Waals surface area (Å²) in [5.41, 5.74) is 1.35. The van der Waals surface area contributed by atoms with Gasteiger partial charge in [0.05, 0.1) is 18.7 Å². The summed E-state index contributed by atoms with van der Waals surface area (Å²) < 4.78 is 4.82. The first kappa shape index (κ1) is 11.1. The van der Waals surface area contributed by atoms with Gasteiger partial charge in [-0.15, -0.1) is 0 Å². The third-order valence-corrected chi connectivity index (χ3v) is 1.79. The third kappa shape index (κ3) is 3.37. The second-order valence-electron chi connectivity index (χ2n) is 2.82. The molecule has 15 heavy (non-hydrogen) atoms. The SMILES string of the molecule is CCOC(=O)c1ccc(CN=C=O)cc1. The van der Waals surface area contributed by atoms with Gasteiger partial charge in [-0.25, -0.2) is 14.6 Å². The Balaban J connectivity index is 2.71. The minimum atomic E-state index is -0.345. The molecule has 0 radical (unpaired) electrons. The lowest BCUT2D eigenvalue weighted by Crippen LogP contribution is -2.04. The second kappa shape index (κ2) is 5.73. The van der Waals surface area contributed by atoms with Crippen molar-refractivity contribution in [2.45, 2.75) is 13.5 Å². The Morgan fingerprint density at radius 1 is 1.40 bits per heavy atom. The van der Waals surface area contributed by atoms with Crippen LogP contribution in [0.5, 0.6) is 0 Å². The van der Waals surface area contributed by atoms with Crippen molar-refractivity contribution in [3.05, 3.63) is 35.4 Å². The third-order valence-electron chi connectivity index (χ3n) is 1.79. The number of hydrogen-bond acceptors (Lipinski definition) is 4. The Kier molecular flexibility index (Phi) is 4.26. The van der Waals surface area contributed by atoms with Crippen LogP contribution in [0.1, 0.15) is 22.8 Å². The van der Waals surface area contributed by atoms with Crippen molar-refractivity contribution in [3.63, 3.8) is 0 Å². The number of benzene rings is 1. The number of esters is 1. The average molecular weight is 205 g/mol. The molecule has 0 heterocycles. The molecule has 78 valence electrons. The van der Waals surface area contributed by atoms with E-state index in [-0.39, 0.29) is 12.5 Å². The summed E-state index contributed by atoms with van der Waals surface area (Å²) in [5.74, 6) is -0.345. The van der Waals surface area contributed by atoms with Crippen molar-refractivity contribution >= 4 is 12.0 Å². The van der Waals surface area contributed by atoms with E-state index < -0.39 is 0 Å². The molecule has 1 rings (SSSR count). The molecular weight excluding hydrogens is 194 g/mol. The molecule has 1 aromatic rings. The molecule has 0 spiro atoms. The molecular formula is C11H11NO3. The van der Waals surface area contributed by atoms with Gasteiger partial charge in [0, 0.05) is 0 Å². The molecule has 0 aliphatic carbocycles. The van der Waals surface area contributed by atoms with Gasteiger partial charge >= 0.3 is 5.97 Å². The molecule has 0 aliphatic rings. The lowest BCUT2D eigenvalue weighted by Gasteiger charge is -2.01. The van der Waals surface area contributed by atoms with E-state index in [1.54, 1.807) is 31.2 Å². The van der Waals surface area contributed by atoms with Crippen LogP contribution < -0.4 is 0 Å². The molecule has 0 unspecified atom stereocenters. The predicted molar refractivity (Wildman–Crippen MR) is 54.2 cm³/mol. The van der Waals surface area contributed by atoms with Crippen molar-refractivity contribution in [1.82, 2.24) is 0 Å². The maximum atomic E-state index is 11.3. The van der Waals surface area contributed by atoms with Gasteiger partial charge in [0.1, 0.15) is 0 Å². The zero-order valence-corrected chi connectivity index (χ0v) is 8.40. The van der Waals surface area contributed by atoms with Gasteiger partial charge in [0.25, 0.3) is 0 Å². The number of hydrogen-bond donors (Lipinski definition) is 0. The quantitative estimate of drug-likeness (QED) is 0.427. The summed E-state index contributed by atoms with van der Waals surface area (Å²) in [6.45, 7) is 2.40. The number of carbonyl (C=O) groups excluding carboxylic acids is 2. The summed E-state index contributed by atoms with van der Waals surface area (Å²) >= 11 is 0. The maximum Gasteiger partial charge on any atom is 0.338 e. The van der Waals surface area contributed by atoms with Crippen LogP contribution in [0.25, 0.3) is 0 Å². The van der Waals surface area contributed by atoms with Gasteiger partial charge in [-0.2, -0.15) is 0 Å². The topological polar surface area (TPSA) is 55.7 Å². The van der Waals surface area contributed by atoms with Gasteiger partial charge in [-0.05, 0) is 24.6 Å². The molecule has 0 bridgehead atoms. The lowest BCUT2D eigenvalue weighted by atomic mass is 10.1. The molecule has 0 aromatic heterocycles. The Hall–Kier alpha value is -1.93. The van der Waals surface area contributed by atoms with Crippen LogP contribution in [0.15, 0.2) is 29.3 Å². The molecule has 0 atom stereocenters. The zero-order chi connectivity index (χ0) is 11.1. The summed E-state index contributed by atoms with van der Waals surface area (Å²) in [4.78, 5) is 24.6. The van der Waals surface area contributed by atoms with E-state index in [0.29, 0.717) is 12.2 Å². The largest absolute Gasteiger partial charge is 0.462 e. The summed E-state index contributed by atoms with van der Waals surface area (Å²) in [6, 6.07) is 6.75. The monoisotopic (exact) mass is 205 g/mol. The zero-order valence-electron chi connectivity index (χ0n) is 8.40. The lowest BCUT2D eigenvalue weighted by molar-refractivity contribution is 0.0526. The van der Waals surface area contributed by atoms with Crippen LogP contribution in [0, 0.1) is 0 Å². The Morgan fingerprint density at radius 3 is 2.60 bits per heavy atom. The first-order chi connectivity index (χ1) is 7.27. The number of aliphatic imine (C=N–C) groups is 1. The fourth-order valence-electron chi connectivity index (χ4n) is 1.08. The highest BCUT2D eigenvalue weighted by atomic mass is 16.5. The molecule has 4 heteroatoms. The Morgan fingerprint density at radius 2 is 2.07 bits per heavy atom. The number of ether oxygens (including phenoxy) is 1. The standard InChI is InChI=1S/C11H11NO3/c1-2-15-11(14)10-5-3-9(4-6-10)7-12-8-13/h3-6H,2,7H2,1H3. The molecule has 0 amide bonds. The van der Waals surface area contributed by atoms with Gasteiger partial charge < -0.3 is 4.74 Å². The van der Waals surface area contributed by atoms with Gasteiger partial charge in [-0.1, -0.05) is 12.1 Å². The fraction of sp³-hybridized carbons (Fsp3) is 0.273. The molecule has 0 saturated heterocycles. The summed E-state index contributed by atoms with van der Waals surface area (Å²) in [6.07, 6.45) is 1.46. The Bertz CT molecular complexity index is 377. The van der Waals surface area contributed by atoms with Crippen molar-refractivity contribution in [3.8, 4) is 0 Å². The molecule has 0 aliphatic heterocycles. The van der Waals surface area contributed by atoms with Crippen LogP contribution in [-0.4, -0.2) is 18.7 Å². The van der Waals surface area contributed by atoms with Crippen molar-refractivity contribution in [2.24, 2.45) is 4.99 Å². The average Bonchev–Trinajstić information content (AvgIpc) is 2.27. The minimum absolute atomic E-state index is 0.284. The normalized spacial score (nSPS) is 9.13. The highest BCUT2D eigenvalue weighted by molar-refractivity contribution is 5.89. The molecule has 1 aromatic carbocycles. The first-order valence-electron chi connectivity index (χ1n) is 4.57. The van der Waals surface area contributed by atoms with Gasteiger partial charge in [-0.3, -0.25) is 0 Å². The highest BCUT2D eigenvalue weighted by Gasteiger charge is 2.04. The Labute approximate surface area is 87.6 Å².